The van der Waals surface area contributed by atoms with Gasteiger partial charge >= 0.3 is 0 Å². The second kappa shape index (κ2) is 6.38. The molecule has 0 saturated heterocycles. The molecule has 0 atom stereocenters. The Morgan fingerprint density at radius 3 is 2.17 bits per heavy atom. The summed E-state index contributed by atoms with van der Waals surface area (Å²) in [5.74, 6) is 0. The molecular weight excluding hydrogens is 318 g/mol. The Hall–Kier alpha value is -2.17. The summed E-state index contributed by atoms with van der Waals surface area (Å²) in [7, 11) is -3.58. The molecule has 0 unspecified atom stereocenters. The number of hydrogen-bond acceptors (Lipinski definition) is 2. The van der Waals surface area contributed by atoms with Crippen molar-refractivity contribution in [2.75, 3.05) is 0 Å². The van der Waals surface area contributed by atoms with E-state index in [2.05, 4.69) is 4.72 Å². The number of rotatable bonds is 5. The van der Waals surface area contributed by atoms with E-state index in [1.807, 2.05) is 74.5 Å². The summed E-state index contributed by atoms with van der Waals surface area (Å²) in [5, 5.41) is 1.95. The molecule has 3 aromatic carbocycles. The van der Waals surface area contributed by atoms with Crippen LogP contribution in [-0.2, 0) is 16.4 Å². The van der Waals surface area contributed by atoms with Crippen LogP contribution in [0.25, 0.3) is 10.8 Å². The van der Waals surface area contributed by atoms with Crippen molar-refractivity contribution in [3.63, 3.8) is 0 Å². The smallest absolute Gasteiger partial charge is 0.207 e. The Morgan fingerprint density at radius 2 is 1.46 bits per heavy atom. The SMILES string of the molecule is CC(C)(Cc1ccccc1)NS(=O)(=O)c1ccc2ccccc2c1. The first-order chi connectivity index (χ1) is 11.4. The van der Waals surface area contributed by atoms with Crippen LogP contribution in [-0.4, -0.2) is 14.0 Å². The average Bonchev–Trinajstić information content (AvgIpc) is 2.54. The maximum Gasteiger partial charge on any atom is 0.241 e. The molecule has 3 rings (SSSR count). The summed E-state index contributed by atoms with van der Waals surface area (Å²) in [6.07, 6.45) is 0.626. The standard InChI is InChI=1S/C20H21NO2S/c1-20(2,15-16-8-4-3-5-9-16)21-24(22,23)19-13-12-17-10-6-7-11-18(17)14-19/h3-14,21H,15H2,1-2H3. The second-order valence-electron chi connectivity index (χ2n) is 6.66. The minimum atomic E-state index is -3.58. The van der Waals surface area contributed by atoms with Gasteiger partial charge in [-0.15, -0.1) is 0 Å². The maximum atomic E-state index is 12.8. The van der Waals surface area contributed by atoms with Gasteiger partial charge in [-0.3, -0.25) is 0 Å². The highest BCUT2D eigenvalue weighted by atomic mass is 32.2. The first-order valence-electron chi connectivity index (χ1n) is 7.92. The van der Waals surface area contributed by atoms with Crippen LogP contribution < -0.4 is 4.72 Å². The van der Waals surface area contributed by atoms with Gasteiger partial charge in [0.15, 0.2) is 0 Å². The normalized spacial score (nSPS) is 12.4. The molecule has 0 aromatic heterocycles. The summed E-state index contributed by atoms with van der Waals surface area (Å²) in [6, 6.07) is 22.8. The molecule has 0 fully saturated rings. The van der Waals surface area contributed by atoms with Gasteiger partial charge in [0.25, 0.3) is 0 Å². The van der Waals surface area contributed by atoms with E-state index < -0.39 is 15.6 Å². The van der Waals surface area contributed by atoms with E-state index >= 15 is 0 Å². The van der Waals surface area contributed by atoms with Crippen molar-refractivity contribution in [2.24, 2.45) is 0 Å². The van der Waals surface area contributed by atoms with Gasteiger partial charge in [-0.25, -0.2) is 13.1 Å². The molecule has 4 heteroatoms. The Labute approximate surface area is 143 Å². The Morgan fingerprint density at radius 1 is 0.833 bits per heavy atom. The Bertz CT molecular complexity index is 948. The van der Waals surface area contributed by atoms with Gasteiger partial charge in [0.1, 0.15) is 0 Å². The predicted octanol–water partition coefficient (Wildman–Crippen LogP) is 4.14. The largest absolute Gasteiger partial charge is 0.241 e. The fraction of sp³-hybridized carbons (Fsp3) is 0.200. The van der Waals surface area contributed by atoms with E-state index in [1.165, 1.54) is 0 Å². The molecule has 0 heterocycles. The Kier molecular flexibility index (Phi) is 4.43. The molecular formula is C20H21NO2S. The van der Waals surface area contributed by atoms with Crippen molar-refractivity contribution in [3.05, 3.63) is 78.4 Å². The van der Waals surface area contributed by atoms with Crippen molar-refractivity contribution in [1.29, 1.82) is 0 Å². The molecule has 0 aliphatic heterocycles. The molecule has 0 saturated carbocycles. The van der Waals surface area contributed by atoms with E-state index in [0.29, 0.717) is 11.3 Å². The summed E-state index contributed by atoms with van der Waals surface area (Å²) in [6.45, 7) is 3.80. The summed E-state index contributed by atoms with van der Waals surface area (Å²) in [4.78, 5) is 0.294. The molecule has 0 bridgehead atoms. The third-order valence-corrected chi connectivity index (χ3v) is 5.63. The van der Waals surface area contributed by atoms with Crippen LogP contribution in [0.3, 0.4) is 0 Å². The third kappa shape index (κ3) is 3.83. The van der Waals surface area contributed by atoms with Gasteiger partial charge in [-0.1, -0.05) is 60.7 Å². The lowest BCUT2D eigenvalue weighted by atomic mass is 9.96. The Balaban J connectivity index is 1.86. The van der Waals surface area contributed by atoms with Crippen molar-refractivity contribution in [3.8, 4) is 0 Å². The number of nitrogens with one attached hydrogen (secondary N) is 1. The molecule has 1 N–H and O–H groups in total. The topological polar surface area (TPSA) is 46.2 Å². The van der Waals surface area contributed by atoms with Crippen LogP contribution >= 0.6 is 0 Å². The summed E-state index contributed by atoms with van der Waals surface area (Å²) >= 11 is 0. The molecule has 0 aliphatic rings. The highest BCUT2D eigenvalue weighted by Gasteiger charge is 2.26. The zero-order valence-corrected chi connectivity index (χ0v) is 14.7. The summed E-state index contributed by atoms with van der Waals surface area (Å²) < 4.78 is 28.4. The number of benzene rings is 3. The molecule has 124 valence electrons. The van der Waals surface area contributed by atoms with Crippen molar-refractivity contribution in [1.82, 2.24) is 4.72 Å². The molecule has 0 amide bonds. The lowest BCUT2D eigenvalue weighted by Gasteiger charge is -2.26. The fourth-order valence-electron chi connectivity index (χ4n) is 2.90. The zero-order valence-electron chi connectivity index (χ0n) is 13.9. The van der Waals surface area contributed by atoms with Crippen LogP contribution in [0, 0.1) is 0 Å². The zero-order chi connectivity index (χ0) is 17.2. The minimum Gasteiger partial charge on any atom is -0.207 e. The van der Waals surface area contributed by atoms with E-state index in [9.17, 15) is 8.42 Å². The van der Waals surface area contributed by atoms with Crippen molar-refractivity contribution in [2.45, 2.75) is 30.7 Å². The second-order valence-corrected chi connectivity index (χ2v) is 8.34. The van der Waals surface area contributed by atoms with Crippen LogP contribution in [0.2, 0.25) is 0 Å². The van der Waals surface area contributed by atoms with E-state index in [-0.39, 0.29) is 0 Å². The summed E-state index contributed by atoms with van der Waals surface area (Å²) in [5.41, 5.74) is 0.523. The average molecular weight is 339 g/mol. The monoisotopic (exact) mass is 339 g/mol. The van der Waals surface area contributed by atoms with Gasteiger partial charge in [0, 0.05) is 5.54 Å². The minimum absolute atomic E-state index is 0.294. The van der Waals surface area contributed by atoms with Gasteiger partial charge in [-0.2, -0.15) is 0 Å². The van der Waals surface area contributed by atoms with Crippen LogP contribution in [0.1, 0.15) is 19.4 Å². The van der Waals surface area contributed by atoms with Crippen molar-refractivity contribution < 1.29 is 8.42 Å². The van der Waals surface area contributed by atoms with Crippen LogP contribution in [0.4, 0.5) is 0 Å². The van der Waals surface area contributed by atoms with E-state index in [0.717, 1.165) is 16.3 Å². The lowest BCUT2D eigenvalue weighted by molar-refractivity contribution is 0.450. The molecule has 24 heavy (non-hydrogen) atoms. The highest BCUT2D eigenvalue weighted by Crippen LogP contribution is 2.21. The predicted molar refractivity (Wildman–Crippen MR) is 98.5 cm³/mol. The first-order valence-corrected chi connectivity index (χ1v) is 9.41. The van der Waals surface area contributed by atoms with Crippen molar-refractivity contribution >= 4 is 20.8 Å². The fourth-order valence-corrected chi connectivity index (χ4v) is 4.35. The lowest BCUT2D eigenvalue weighted by Crippen LogP contribution is -2.44. The molecule has 0 aliphatic carbocycles. The number of hydrogen-bond donors (Lipinski definition) is 1. The third-order valence-electron chi connectivity index (χ3n) is 3.93. The number of sulfonamides is 1. The molecule has 0 radical (unpaired) electrons. The van der Waals surface area contributed by atoms with Crippen LogP contribution in [0.15, 0.2) is 77.7 Å². The van der Waals surface area contributed by atoms with Gasteiger partial charge in [0.2, 0.25) is 10.0 Å². The number of fused-ring (bicyclic) bond motifs is 1. The van der Waals surface area contributed by atoms with Crippen LogP contribution in [0.5, 0.6) is 0 Å². The first kappa shape index (κ1) is 16.7. The quantitative estimate of drug-likeness (QED) is 0.759. The van der Waals surface area contributed by atoms with E-state index in [1.54, 1.807) is 12.1 Å². The molecule has 3 nitrogen and oxygen atoms in total. The van der Waals surface area contributed by atoms with Gasteiger partial charge in [-0.05, 0) is 48.7 Å². The van der Waals surface area contributed by atoms with Gasteiger partial charge < -0.3 is 0 Å². The molecule has 3 aromatic rings. The van der Waals surface area contributed by atoms with E-state index in [4.69, 9.17) is 0 Å². The molecule has 0 spiro atoms. The van der Waals surface area contributed by atoms with Gasteiger partial charge in [0.05, 0.1) is 4.90 Å². The highest BCUT2D eigenvalue weighted by molar-refractivity contribution is 7.89. The maximum absolute atomic E-state index is 12.8.